The largest absolute Gasteiger partial charge is 0.495 e. The minimum Gasteiger partial charge on any atom is -0.495 e. The molecular formula is C18H24N2O5S. The Bertz CT molecular complexity index is 820. The molecular weight excluding hydrogens is 356 g/mol. The Hall–Kier alpha value is -1.90. The van der Waals surface area contributed by atoms with E-state index in [0.717, 1.165) is 19.3 Å². The molecule has 0 aliphatic carbocycles. The lowest BCUT2D eigenvalue weighted by Gasteiger charge is -2.32. The van der Waals surface area contributed by atoms with Crippen molar-refractivity contribution in [3.63, 3.8) is 0 Å². The van der Waals surface area contributed by atoms with Crippen LogP contribution in [0.25, 0.3) is 11.3 Å². The quantitative estimate of drug-likeness (QED) is 0.735. The summed E-state index contributed by atoms with van der Waals surface area (Å²) < 4.78 is 44.2. The predicted molar refractivity (Wildman–Crippen MR) is 96.5 cm³/mol. The van der Waals surface area contributed by atoms with Crippen molar-refractivity contribution >= 4 is 10.0 Å². The fourth-order valence-electron chi connectivity index (χ4n) is 3.08. The lowest BCUT2D eigenvalue weighted by molar-refractivity contribution is 0.0193. The van der Waals surface area contributed by atoms with Crippen LogP contribution in [0.15, 0.2) is 39.9 Å². The van der Waals surface area contributed by atoms with E-state index in [1.165, 1.54) is 17.6 Å². The highest BCUT2D eigenvalue weighted by molar-refractivity contribution is 7.89. The van der Waals surface area contributed by atoms with E-state index >= 15 is 0 Å². The van der Waals surface area contributed by atoms with Gasteiger partial charge in [0, 0.05) is 31.3 Å². The first kappa shape index (κ1) is 18.9. The van der Waals surface area contributed by atoms with Crippen molar-refractivity contribution in [2.45, 2.75) is 37.2 Å². The molecule has 0 spiro atoms. The third-order valence-corrected chi connectivity index (χ3v) is 6.29. The summed E-state index contributed by atoms with van der Waals surface area (Å²) >= 11 is 0. The molecule has 2 heterocycles. The number of rotatable bonds is 7. The number of methoxy groups -OCH3 is 1. The number of piperidine rings is 1. The summed E-state index contributed by atoms with van der Waals surface area (Å²) in [7, 11) is -2.25. The van der Waals surface area contributed by atoms with E-state index in [0.29, 0.717) is 36.8 Å². The van der Waals surface area contributed by atoms with Crippen LogP contribution in [0.3, 0.4) is 0 Å². The van der Waals surface area contributed by atoms with Crippen molar-refractivity contribution in [3.05, 3.63) is 30.5 Å². The van der Waals surface area contributed by atoms with Crippen LogP contribution in [0, 0.1) is 0 Å². The number of aromatic nitrogens is 1. The van der Waals surface area contributed by atoms with Gasteiger partial charge < -0.3 is 14.0 Å². The molecule has 0 bridgehead atoms. The van der Waals surface area contributed by atoms with E-state index in [-0.39, 0.29) is 11.0 Å². The van der Waals surface area contributed by atoms with E-state index in [2.05, 4.69) is 5.16 Å². The van der Waals surface area contributed by atoms with Gasteiger partial charge >= 0.3 is 0 Å². The maximum atomic E-state index is 13.3. The summed E-state index contributed by atoms with van der Waals surface area (Å²) in [6, 6.07) is 6.65. The predicted octanol–water partition coefficient (Wildman–Crippen LogP) is 2.93. The van der Waals surface area contributed by atoms with Gasteiger partial charge in [0.2, 0.25) is 10.0 Å². The lowest BCUT2D eigenvalue weighted by atomic mass is 10.1. The van der Waals surface area contributed by atoms with Gasteiger partial charge in [0.25, 0.3) is 0 Å². The van der Waals surface area contributed by atoms with Gasteiger partial charge in [-0.1, -0.05) is 12.1 Å². The SMILES string of the molecule is CCCOC1CCCN(S(=O)(=O)c2cc(-c3ccno3)ccc2OC)C1. The van der Waals surface area contributed by atoms with Gasteiger partial charge in [-0.3, -0.25) is 0 Å². The second kappa shape index (κ2) is 8.20. The number of ether oxygens (including phenoxy) is 2. The minimum absolute atomic E-state index is 0.0677. The summed E-state index contributed by atoms with van der Waals surface area (Å²) in [6.45, 7) is 3.52. The average molecular weight is 380 g/mol. The summed E-state index contributed by atoms with van der Waals surface area (Å²) in [5.74, 6) is 0.816. The van der Waals surface area contributed by atoms with Gasteiger partial charge in [0.05, 0.1) is 19.4 Å². The van der Waals surface area contributed by atoms with Gasteiger partial charge in [0.15, 0.2) is 5.76 Å². The van der Waals surface area contributed by atoms with Crippen LogP contribution in [0.4, 0.5) is 0 Å². The van der Waals surface area contributed by atoms with E-state index in [1.807, 2.05) is 6.92 Å². The van der Waals surface area contributed by atoms with Crippen molar-refractivity contribution in [2.75, 3.05) is 26.8 Å². The summed E-state index contributed by atoms with van der Waals surface area (Å²) in [4.78, 5) is 0.130. The highest BCUT2D eigenvalue weighted by Gasteiger charge is 2.33. The molecule has 8 heteroatoms. The van der Waals surface area contributed by atoms with E-state index in [1.54, 1.807) is 24.3 Å². The highest BCUT2D eigenvalue weighted by atomic mass is 32.2. The van der Waals surface area contributed by atoms with Gasteiger partial charge in [-0.15, -0.1) is 0 Å². The van der Waals surface area contributed by atoms with Gasteiger partial charge in [-0.2, -0.15) is 4.31 Å². The molecule has 1 atom stereocenters. The molecule has 1 aromatic heterocycles. The minimum atomic E-state index is -3.71. The molecule has 26 heavy (non-hydrogen) atoms. The first-order valence-corrected chi connectivity index (χ1v) is 10.2. The monoisotopic (exact) mass is 380 g/mol. The number of benzene rings is 1. The molecule has 1 unspecified atom stereocenters. The molecule has 1 saturated heterocycles. The summed E-state index contributed by atoms with van der Waals surface area (Å²) in [6.07, 6.45) is 4.02. The van der Waals surface area contributed by atoms with E-state index < -0.39 is 10.0 Å². The van der Waals surface area contributed by atoms with Crippen molar-refractivity contribution < 1.29 is 22.4 Å². The standard InChI is InChI=1S/C18H24N2O5S/c1-3-11-24-15-5-4-10-20(13-15)26(21,22)18-12-14(6-7-17(18)23-2)16-8-9-19-25-16/h6-9,12,15H,3-5,10-11,13H2,1-2H3. The van der Waals surface area contributed by atoms with Crippen LogP contribution in [0.1, 0.15) is 26.2 Å². The Balaban J connectivity index is 1.91. The lowest BCUT2D eigenvalue weighted by Crippen LogP contribution is -2.43. The molecule has 7 nitrogen and oxygen atoms in total. The van der Waals surface area contributed by atoms with Crippen LogP contribution in [0.2, 0.25) is 0 Å². The third kappa shape index (κ3) is 3.92. The van der Waals surface area contributed by atoms with Gasteiger partial charge in [-0.25, -0.2) is 8.42 Å². The Morgan fingerprint density at radius 3 is 2.88 bits per heavy atom. The molecule has 2 aromatic rings. The van der Waals surface area contributed by atoms with Gasteiger partial charge in [0.1, 0.15) is 10.6 Å². The molecule has 0 N–H and O–H groups in total. The first-order chi connectivity index (χ1) is 12.6. The van der Waals surface area contributed by atoms with E-state index in [9.17, 15) is 8.42 Å². The maximum Gasteiger partial charge on any atom is 0.246 e. The molecule has 1 aliphatic heterocycles. The van der Waals surface area contributed by atoms with Crippen molar-refractivity contribution in [3.8, 4) is 17.1 Å². The van der Waals surface area contributed by atoms with Crippen molar-refractivity contribution in [2.24, 2.45) is 0 Å². The van der Waals surface area contributed by atoms with Gasteiger partial charge in [-0.05, 0) is 37.5 Å². The zero-order chi connectivity index (χ0) is 18.6. The molecule has 1 aromatic carbocycles. The fourth-order valence-corrected chi connectivity index (χ4v) is 4.77. The van der Waals surface area contributed by atoms with Crippen LogP contribution < -0.4 is 4.74 Å². The first-order valence-electron chi connectivity index (χ1n) is 8.77. The van der Waals surface area contributed by atoms with Crippen LogP contribution in [-0.4, -0.2) is 50.8 Å². The molecule has 3 rings (SSSR count). The van der Waals surface area contributed by atoms with Crippen molar-refractivity contribution in [1.82, 2.24) is 9.46 Å². The summed E-state index contributed by atoms with van der Waals surface area (Å²) in [5.41, 5.74) is 0.637. The fraction of sp³-hybridized carbons (Fsp3) is 0.500. The Morgan fingerprint density at radius 2 is 2.19 bits per heavy atom. The number of sulfonamides is 1. The Kier molecular flexibility index (Phi) is 5.95. The second-order valence-corrected chi connectivity index (χ2v) is 8.15. The molecule has 1 fully saturated rings. The van der Waals surface area contributed by atoms with Crippen LogP contribution in [-0.2, 0) is 14.8 Å². The molecule has 142 valence electrons. The second-order valence-electron chi connectivity index (χ2n) is 6.24. The molecule has 0 saturated carbocycles. The third-order valence-electron chi connectivity index (χ3n) is 4.40. The van der Waals surface area contributed by atoms with E-state index in [4.69, 9.17) is 14.0 Å². The summed E-state index contributed by atoms with van der Waals surface area (Å²) in [5, 5.41) is 3.68. The maximum absolute atomic E-state index is 13.3. The van der Waals surface area contributed by atoms with Crippen LogP contribution in [0.5, 0.6) is 5.75 Å². The molecule has 1 aliphatic rings. The zero-order valence-corrected chi connectivity index (χ0v) is 15.9. The average Bonchev–Trinajstić information content (AvgIpc) is 3.21. The highest BCUT2D eigenvalue weighted by Crippen LogP contribution is 2.33. The molecule has 0 radical (unpaired) electrons. The molecule has 0 amide bonds. The normalized spacial score (nSPS) is 18.8. The topological polar surface area (TPSA) is 81.9 Å². The van der Waals surface area contributed by atoms with Crippen LogP contribution >= 0.6 is 0 Å². The Labute approximate surface area is 153 Å². The zero-order valence-electron chi connectivity index (χ0n) is 15.1. The number of hydrogen-bond acceptors (Lipinski definition) is 6. The van der Waals surface area contributed by atoms with Crippen molar-refractivity contribution in [1.29, 1.82) is 0 Å². The number of nitrogens with zero attached hydrogens (tertiary/aromatic N) is 2. The number of hydrogen-bond donors (Lipinski definition) is 0. The Morgan fingerprint density at radius 1 is 1.35 bits per heavy atom. The smallest absolute Gasteiger partial charge is 0.246 e.